The Labute approximate surface area is 108 Å². The summed E-state index contributed by atoms with van der Waals surface area (Å²) in [6.07, 6.45) is 2.60. The molecule has 1 aromatic rings. The number of rotatable bonds is 5. The first kappa shape index (κ1) is 13.0. The summed E-state index contributed by atoms with van der Waals surface area (Å²) in [5, 5.41) is 11.1. The van der Waals surface area contributed by atoms with Gasteiger partial charge in [0.25, 0.3) is 0 Å². The van der Waals surface area contributed by atoms with Crippen molar-refractivity contribution in [2.75, 3.05) is 6.54 Å². The molecule has 0 saturated carbocycles. The van der Waals surface area contributed by atoms with Gasteiger partial charge >= 0.3 is 0 Å². The largest absolute Gasteiger partial charge is 0.289 e. The molecule has 2 atom stereocenters. The number of nitrogens with zero attached hydrogens (tertiary/aromatic N) is 2. The van der Waals surface area contributed by atoms with E-state index in [0.29, 0.717) is 6.42 Å². The maximum absolute atomic E-state index is 11.1. The van der Waals surface area contributed by atoms with E-state index in [9.17, 15) is 10.1 Å². The number of benzene rings is 1. The Morgan fingerprint density at radius 1 is 1.39 bits per heavy atom. The van der Waals surface area contributed by atoms with Crippen LogP contribution in [0.2, 0.25) is 0 Å². The maximum Gasteiger partial charge on any atom is 0.229 e. The van der Waals surface area contributed by atoms with Crippen LogP contribution in [0.1, 0.15) is 31.7 Å². The van der Waals surface area contributed by atoms with E-state index in [1.165, 1.54) is 5.56 Å². The van der Waals surface area contributed by atoms with Crippen molar-refractivity contribution in [3.8, 4) is 0 Å². The van der Waals surface area contributed by atoms with E-state index in [-0.39, 0.29) is 17.0 Å². The molecule has 0 unspecified atom stereocenters. The van der Waals surface area contributed by atoms with Crippen LogP contribution >= 0.6 is 0 Å². The predicted octanol–water partition coefficient (Wildman–Crippen LogP) is 2.71. The molecule has 0 aromatic heterocycles. The minimum Gasteiger partial charge on any atom is -0.289 e. The van der Waals surface area contributed by atoms with E-state index in [1.807, 2.05) is 18.2 Å². The first-order chi connectivity index (χ1) is 8.72. The Morgan fingerprint density at radius 3 is 2.72 bits per heavy atom. The zero-order chi connectivity index (χ0) is 13.0. The molecule has 1 fully saturated rings. The van der Waals surface area contributed by atoms with E-state index in [0.717, 1.165) is 25.9 Å². The van der Waals surface area contributed by atoms with Crippen LogP contribution in [0.25, 0.3) is 0 Å². The number of hydrogen-bond acceptors (Lipinski definition) is 3. The monoisotopic (exact) mass is 248 g/mol. The van der Waals surface area contributed by atoms with Crippen molar-refractivity contribution in [1.29, 1.82) is 0 Å². The fourth-order valence-corrected chi connectivity index (χ4v) is 2.83. The lowest BCUT2D eigenvalue weighted by molar-refractivity contribution is -0.524. The highest BCUT2D eigenvalue weighted by Gasteiger charge is 2.40. The van der Waals surface area contributed by atoms with E-state index in [1.54, 1.807) is 0 Å². The molecule has 2 rings (SSSR count). The smallest absolute Gasteiger partial charge is 0.229 e. The molecule has 1 aromatic carbocycles. The lowest BCUT2D eigenvalue weighted by Crippen LogP contribution is -2.38. The second-order valence-electron chi connectivity index (χ2n) is 4.95. The van der Waals surface area contributed by atoms with Gasteiger partial charge in [-0.05, 0) is 12.0 Å². The van der Waals surface area contributed by atoms with Crippen molar-refractivity contribution < 1.29 is 4.92 Å². The molecule has 0 aliphatic carbocycles. The van der Waals surface area contributed by atoms with Gasteiger partial charge in [-0.1, -0.05) is 43.7 Å². The van der Waals surface area contributed by atoms with Crippen molar-refractivity contribution in [2.45, 2.75) is 44.8 Å². The van der Waals surface area contributed by atoms with Gasteiger partial charge in [-0.15, -0.1) is 0 Å². The summed E-state index contributed by atoms with van der Waals surface area (Å²) in [5.74, 6) is 0. The normalized spacial score (nSPS) is 24.3. The topological polar surface area (TPSA) is 46.4 Å². The zero-order valence-electron chi connectivity index (χ0n) is 10.8. The molecule has 98 valence electrons. The number of hydrogen-bond donors (Lipinski definition) is 0. The molecule has 1 aliphatic heterocycles. The van der Waals surface area contributed by atoms with Gasteiger partial charge < -0.3 is 0 Å². The predicted molar refractivity (Wildman–Crippen MR) is 70.9 cm³/mol. The Balaban J connectivity index is 2.06. The molecular formula is C14H20N2O2. The third-order valence-corrected chi connectivity index (χ3v) is 3.71. The summed E-state index contributed by atoms with van der Waals surface area (Å²) >= 11 is 0. The molecular weight excluding hydrogens is 228 g/mol. The molecule has 0 amide bonds. The van der Waals surface area contributed by atoms with Gasteiger partial charge in [0, 0.05) is 24.4 Å². The Morgan fingerprint density at radius 2 is 2.11 bits per heavy atom. The van der Waals surface area contributed by atoms with E-state index in [2.05, 4.69) is 24.0 Å². The van der Waals surface area contributed by atoms with Crippen molar-refractivity contribution in [1.82, 2.24) is 4.90 Å². The van der Waals surface area contributed by atoms with Crippen molar-refractivity contribution in [3.05, 3.63) is 46.0 Å². The fourth-order valence-electron chi connectivity index (χ4n) is 2.83. The molecule has 0 radical (unpaired) electrons. The Kier molecular flexibility index (Phi) is 4.31. The maximum atomic E-state index is 11.1. The third-order valence-electron chi connectivity index (χ3n) is 3.71. The summed E-state index contributed by atoms with van der Waals surface area (Å²) in [4.78, 5) is 13.2. The standard InChI is InChI=1S/C14H20N2O2/c1-2-6-13-14(16(17)18)9-10-15(13)11-12-7-4-3-5-8-12/h3-5,7-8,13-14H,2,6,9-11H2,1H3/t13-,14+/m1/s1. The van der Waals surface area contributed by atoms with Gasteiger partial charge in [0.1, 0.15) is 0 Å². The second-order valence-corrected chi connectivity index (χ2v) is 4.95. The minimum atomic E-state index is -0.381. The quantitative estimate of drug-likeness (QED) is 0.594. The molecule has 1 saturated heterocycles. The average molecular weight is 248 g/mol. The Hall–Kier alpha value is -1.42. The van der Waals surface area contributed by atoms with Crippen LogP contribution in [0, 0.1) is 10.1 Å². The summed E-state index contributed by atoms with van der Waals surface area (Å²) < 4.78 is 0. The molecule has 4 heteroatoms. The van der Waals surface area contributed by atoms with Gasteiger partial charge in [-0.3, -0.25) is 15.0 Å². The zero-order valence-corrected chi connectivity index (χ0v) is 10.8. The van der Waals surface area contributed by atoms with E-state index < -0.39 is 0 Å². The van der Waals surface area contributed by atoms with Crippen LogP contribution in [0.5, 0.6) is 0 Å². The first-order valence-electron chi connectivity index (χ1n) is 6.64. The van der Waals surface area contributed by atoms with Gasteiger partial charge in [-0.25, -0.2) is 0 Å². The lowest BCUT2D eigenvalue weighted by Gasteiger charge is -2.24. The van der Waals surface area contributed by atoms with Gasteiger partial charge in [0.2, 0.25) is 6.04 Å². The summed E-state index contributed by atoms with van der Waals surface area (Å²) in [5.41, 5.74) is 1.24. The van der Waals surface area contributed by atoms with Crippen molar-refractivity contribution >= 4 is 0 Å². The summed E-state index contributed by atoms with van der Waals surface area (Å²) in [7, 11) is 0. The van der Waals surface area contributed by atoms with Crippen LogP contribution in [0.4, 0.5) is 0 Å². The van der Waals surface area contributed by atoms with Crippen molar-refractivity contribution in [3.63, 3.8) is 0 Å². The van der Waals surface area contributed by atoms with Gasteiger partial charge in [-0.2, -0.15) is 0 Å². The van der Waals surface area contributed by atoms with Crippen LogP contribution in [-0.4, -0.2) is 28.5 Å². The Bertz CT molecular complexity index is 394. The van der Waals surface area contributed by atoms with Crippen LogP contribution < -0.4 is 0 Å². The lowest BCUT2D eigenvalue weighted by atomic mass is 10.0. The highest BCUT2D eigenvalue weighted by molar-refractivity contribution is 5.15. The third kappa shape index (κ3) is 2.88. The molecule has 0 bridgehead atoms. The number of likely N-dealkylation sites (tertiary alicyclic amines) is 1. The van der Waals surface area contributed by atoms with E-state index >= 15 is 0 Å². The minimum absolute atomic E-state index is 0.0919. The van der Waals surface area contributed by atoms with Crippen LogP contribution in [0.15, 0.2) is 30.3 Å². The highest BCUT2D eigenvalue weighted by Crippen LogP contribution is 2.25. The van der Waals surface area contributed by atoms with Gasteiger partial charge in [0.15, 0.2) is 0 Å². The van der Waals surface area contributed by atoms with Gasteiger partial charge in [0.05, 0.1) is 6.04 Å². The fraction of sp³-hybridized carbons (Fsp3) is 0.571. The molecule has 4 nitrogen and oxygen atoms in total. The van der Waals surface area contributed by atoms with E-state index in [4.69, 9.17) is 0 Å². The molecule has 0 N–H and O–H groups in total. The summed E-state index contributed by atoms with van der Waals surface area (Å²) in [6, 6.07) is 9.93. The first-order valence-corrected chi connectivity index (χ1v) is 6.64. The molecule has 1 aliphatic rings. The van der Waals surface area contributed by atoms with Crippen molar-refractivity contribution in [2.24, 2.45) is 0 Å². The summed E-state index contributed by atoms with van der Waals surface area (Å²) in [6.45, 7) is 3.76. The van der Waals surface area contributed by atoms with Crippen LogP contribution in [-0.2, 0) is 6.54 Å². The highest BCUT2D eigenvalue weighted by atomic mass is 16.6. The van der Waals surface area contributed by atoms with Crippen LogP contribution in [0.3, 0.4) is 0 Å². The second kappa shape index (κ2) is 5.96. The SMILES string of the molecule is CCC[C@@H]1[C@@H]([N+](=O)[O-])CCN1Cc1ccccc1. The molecule has 1 heterocycles. The molecule has 18 heavy (non-hydrogen) atoms. The molecule has 0 spiro atoms. The average Bonchev–Trinajstić information content (AvgIpc) is 2.74. The number of nitro groups is 1.